The second-order valence-electron chi connectivity index (χ2n) is 11.0. The Morgan fingerprint density at radius 3 is 1.86 bits per heavy atom. The van der Waals surface area contributed by atoms with Gasteiger partial charge in [0.15, 0.2) is 0 Å². The van der Waals surface area contributed by atoms with Crippen LogP contribution in [0.2, 0.25) is 0 Å². The molecule has 15 nitrogen and oxygen atoms in total. The van der Waals surface area contributed by atoms with Crippen molar-refractivity contribution in [3.05, 3.63) is 59.7 Å². The van der Waals surface area contributed by atoms with Crippen molar-refractivity contribution in [2.24, 2.45) is 0 Å². The minimum absolute atomic E-state index is 0.0865. The van der Waals surface area contributed by atoms with Gasteiger partial charge in [0, 0.05) is 25.6 Å². The number of benzene rings is 2. The van der Waals surface area contributed by atoms with Gasteiger partial charge >= 0.3 is 12.1 Å². The molecule has 0 aliphatic heterocycles. The molecule has 1 atom stereocenters. The van der Waals surface area contributed by atoms with Crippen LogP contribution in [0.1, 0.15) is 36.3 Å². The predicted octanol–water partition coefficient (Wildman–Crippen LogP) is 1.19. The number of fused-ring (bicyclic) bond motifs is 3. The third-order valence-electron chi connectivity index (χ3n) is 7.43. The lowest BCUT2D eigenvalue weighted by Crippen LogP contribution is -2.41. The maximum absolute atomic E-state index is 12.5. The molecule has 268 valence electrons. The van der Waals surface area contributed by atoms with Gasteiger partial charge in [-0.3, -0.25) is 14.4 Å². The third kappa shape index (κ3) is 14.6. The fourth-order valence-corrected chi connectivity index (χ4v) is 5.07. The van der Waals surface area contributed by atoms with Gasteiger partial charge < -0.3 is 50.1 Å². The number of carboxylic acids is 1. The molecular formula is C34H46N4O11. The zero-order valence-corrected chi connectivity index (χ0v) is 27.5. The third-order valence-corrected chi connectivity index (χ3v) is 7.43. The standard InChI is InChI=1S/C34H46N4O11/c39-24-35-13-15-45-17-19-48-23-32(41)37-14-16-46-18-20-47-22-31(40)36-12-6-5-11-30(33(42)43)38-34(44)49-21-29-27-9-3-1-7-25(27)26-8-2-4-10-28(26)29/h1-4,7-10,24,29-30H,5-6,11-23H2,(H,35,39)(H,36,40)(H,37,41)(H,38,44)(H,42,43). The van der Waals surface area contributed by atoms with E-state index >= 15 is 0 Å². The predicted molar refractivity (Wildman–Crippen MR) is 177 cm³/mol. The Morgan fingerprint density at radius 1 is 0.714 bits per heavy atom. The van der Waals surface area contributed by atoms with Crippen LogP contribution in [0.15, 0.2) is 48.5 Å². The molecule has 0 heterocycles. The van der Waals surface area contributed by atoms with Gasteiger partial charge in [0.1, 0.15) is 25.9 Å². The smallest absolute Gasteiger partial charge is 0.407 e. The van der Waals surface area contributed by atoms with Crippen molar-refractivity contribution >= 4 is 30.3 Å². The largest absolute Gasteiger partial charge is 0.480 e. The van der Waals surface area contributed by atoms with Crippen molar-refractivity contribution in [1.82, 2.24) is 21.3 Å². The molecule has 1 aliphatic rings. The summed E-state index contributed by atoms with van der Waals surface area (Å²) in [5.74, 6) is -1.90. The second kappa shape index (κ2) is 22.9. The fraction of sp³-hybridized carbons (Fsp3) is 0.500. The molecule has 0 fully saturated rings. The molecule has 3 rings (SSSR count). The molecule has 0 saturated heterocycles. The van der Waals surface area contributed by atoms with Gasteiger partial charge in [0.2, 0.25) is 18.2 Å². The van der Waals surface area contributed by atoms with Crippen LogP contribution >= 0.6 is 0 Å². The van der Waals surface area contributed by atoms with Gasteiger partial charge in [-0.1, -0.05) is 48.5 Å². The number of carboxylic acid groups (broad SMARTS) is 1. The Balaban J connectivity index is 1.16. The van der Waals surface area contributed by atoms with Crippen LogP contribution in [0.4, 0.5) is 4.79 Å². The minimum atomic E-state index is -1.16. The molecule has 0 radical (unpaired) electrons. The Bertz CT molecular complexity index is 1300. The van der Waals surface area contributed by atoms with Crippen LogP contribution in [0.3, 0.4) is 0 Å². The number of alkyl carbamates (subject to hydrolysis) is 1. The Hall–Kier alpha value is -4.57. The first-order valence-electron chi connectivity index (χ1n) is 16.3. The van der Waals surface area contributed by atoms with Crippen molar-refractivity contribution in [2.45, 2.75) is 31.2 Å². The molecule has 1 aliphatic carbocycles. The van der Waals surface area contributed by atoms with Crippen LogP contribution < -0.4 is 21.3 Å². The van der Waals surface area contributed by atoms with Gasteiger partial charge in [-0.15, -0.1) is 0 Å². The molecule has 1 unspecified atom stereocenters. The highest BCUT2D eigenvalue weighted by Gasteiger charge is 2.29. The van der Waals surface area contributed by atoms with Gasteiger partial charge in [-0.25, -0.2) is 9.59 Å². The van der Waals surface area contributed by atoms with E-state index in [1.807, 2.05) is 48.5 Å². The number of aliphatic carboxylic acids is 1. The summed E-state index contributed by atoms with van der Waals surface area (Å²) in [4.78, 5) is 58.0. The Kier molecular flexibility index (Phi) is 18.2. The van der Waals surface area contributed by atoms with Crippen molar-refractivity contribution in [3.63, 3.8) is 0 Å². The number of nitrogens with one attached hydrogen (secondary N) is 4. The maximum atomic E-state index is 12.5. The SMILES string of the molecule is O=CNCCOCCOCC(=O)NCCOCCOCC(=O)NCCCCC(NC(=O)OCC1c2ccccc2-c2ccccc21)C(=O)O. The molecule has 0 spiro atoms. The maximum Gasteiger partial charge on any atom is 0.407 e. The number of carbonyl (C=O) groups is 5. The highest BCUT2D eigenvalue weighted by atomic mass is 16.6. The summed E-state index contributed by atoms with van der Waals surface area (Å²) in [6.45, 7) is 2.48. The summed E-state index contributed by atoms with van der Waals surface area (Å²) >= 11 is 0. The van der Waals surface area contributed by atoms with E-state index in [1.54, 1.807) is 0 Å². The van der Waals surface area contributed by atoms with Crippen LogP contribution in [0.25, 0.3) is 11.1 Å². The topological polar surface area (TPSA) is 200 Å². The normalized spacial score (nSPS) is 12.3. The molecule has 5 N–H and O–H groups in total. The number of rotatable bonds is 26. The molecule has 4 amide bonds. The van der Waals surface area contributed by atoms with Crippen molar-refractivity contribution in [1.29, 1.82) is 0 Å². The average Bonchev–Trinajstić information content (AvgIpc) is 3.42. The zero-order valence-electron chi connectivity index (χ0n) is 27.5. The zero-order chi connectivity index (χ0) is 35.1. The molecular weight excluding hydrogens is 640 g/mol. The van der Waals surface area contributed by atoms with E-state index < -0.39 is 18.1 Å². The second-order valence-corrected chi connectivity index (χ2v) is 11.0. The van der Waals surface area contributed by atoms with Crippen LogP contribution in [-0.4, -0.2) is 121 Å². The fourth-order valence-electron chi connectivity index (χ4n) is 5.07. The number of ether oxygens (including phenoxy) is 5. The summed E-state index contributed by atoms with van der Waals surface area (Å²) in [7, 11) is 0. The average molecular weight is 687 g/mol. The van der Waals surface area contributed by atoms with E-state index in [0.717, 1.165) is 22.3 Å². The van der Waals surface area contributed by atoms with Gasteiger partial charge in [0.05, 0.1) is 39.6 Å². The lowest BCUT2D eigenvalue weighted by atomic mass is 9.98. The molecule has 0 aromatic heterocycles. The van der Waals surface area contributed by atoms with E-state index in [0.29, 0.717) is 52.1 Å². The number of amides is 4. The minimum Gasteiger partial charge on any atom is -0.480 e. The highest BCUT2D eigenvalue weighted by molar-refractivity contribution is 5.81. The lowest BCUT2D eigenvalue weighted by Gasteiger charge is -2.17. The summed E-state index contributed by atoms with van der Waals surface area (Å²) in [5, 5.41) is 19.9. The number of carbonyl (C=O) groups excluding carboxylic acids is 4. The van der Waals surface area contributed by atoms with E-state index in [2.05, 4.69) is 21.3 Å². The first kappa shape index (κ1) is 38.9. The van der Waals surface area contributed by atoms with Crippen molar-refractivity contribution in [3.8, 4) is 11.1 Å². The van der Waals surface area contributed by atoms with Crippen LogP contribution in [-0.2, 0) is 42.9 Å². The molecule has 0 saturated carbocycles. The van der Waals surface area contributed by atoms with Gasteiger partial charge in [0.25, 0.3) is 0 Å². The van der Waals surface area contributed by atoms with Gasteiger partial charge in [-0.05, 0) is 41.5 Å². The summed E-state index contributed by atoms with van der Waals surface area (Å²) in [6.07, 6.45) is 0.934. The molecule has 15 heteroatoms. The number of hydrogen-bond acceptors (Lipinski definition) is 10. The first-order valence-corrected chi connectivity index (χ1v) is 16.3. The summed E-state index contributed by atoms with van der Waals surface area (Å²) in [5.41, 5.74) is 4.33. The van der Waals surface area contributed by atoms with E-state index in [4.69, 9.17) is 23.7 Å². The van der Waals surface area contributed by atoms with E-state index in [9.17, 15) is 29.1 Å². The van der Waals surface area contributed by atoms with Crippen molar-refractivity contribution in [2.75, 3.05) is 79.1 Å². The monoisotopic (exact) mass is 686 g/mol. The molecule has 49 heavy (non-hydrogen) atoms. The Morgan fingerprint density at radius 2 is 1.27 bits per heavy atom. The molecule has 2 aromatic rings. The van der Waals surface area contributed by atoms with Crippen molar-refractivity contribution < 1.29 is 52.8 Å². The number of unbranched alkanes of at least 4 members (excludes halogenated alkanes) is 1. The van der Waals surface area contributed by atoms with Crippen LogP contribution in [0, 0.1) is 0 Å². The lowest BCUT2D eigenvalue weighted by molar-refractivity contribution is -0.139. The summed E-state index contributed by atoms with van der Waals surface area (Å²) in [6, 6.07) is 14.8. The molecule has 0 bridgehead atoms. The number of hydrogen-bond donors (Lipinski definition) is 5. The highest BCUT2D eigenvalue weighted by Crippen LogP contribution is 2.44. The van der Waals surface area contributed by atoms with E-state index in [1.165, 1.54) is 0 Å². The van der Waals surface area contributed by atoms with Gasteiger partial charge in [-0.2, -0.15) is 0 Å². The molecule has 2 aromatic carbocycles. The quantitative estimate of drug-likeness (QED) is 0.0704. The Labute approximate surface area is 285 Å². The first-order chi connectivity index (χ1) is 23.9. The summed E-state index contributed by atoms with van der Waals surface area (Å²) < 4.78 is 26.5. The van der Waals surface area contributed by atoms with E-state index in [-0.39, 0.29) is 70.4 Å². The van der Waals surface area contributed by atoms with Crippen LogP contribution in [0.5, 0.6) is 0 Å².